The molecule has 0 spiro atoms. The molecule has 2 heterocycles. The van der Waals surface area contributed by atoms with Crippen LogP contribution in [0.3, 0.4) is 0 Å². The number of nitrogens with one attached hydrogen (secondary N) is 2. The van der Waals surface area contributed by atoms with Gasteiger partial charge in [0.2, 0.25) is 0 Å². The predicted octanol–water partition coefficient (Wildman–Crippen LogP) is 4.68. The van der Waals surface area contributed by atoms with E-state index in [-0.39, 0.29) is 15.7 Å². The molecule has 4 rings (SSSR count). The number of pyridine rings is 1. The molecule has 6 nitrogen and oxygen atoms in total. The number of nitrogens with zero attached hydrogens (tertiary/aromatic N) is 1. The molecule has 2 amide bonds. The van der Waals surface area contributed by atoms with Crippen molar-refractivity contribution in [1.82, 2.24) is 9.88 Å². The quantitative estimate of drug-likeness (QED) is 0.488. The van der Waals surface area contributed by atoms with E-state index in [2.05, 4.69) is 26.6 Å². The number of halogens is 4. The van der Waals surface area contributed by atoms with Crippen molar-refractivity contribution in [3.63, 3.8) is 0 Å². The lowest BCUT2D eigenvalue weighted by atomic mass is 9.96. The first-order valence-electron chi connectivity index (χ1n) is 8.93. The summed E-state index contributed by atoms with van der Waals surface area (Å²) in [6.45, 7) is 0. The van der Waals surface area contributed by atoms with E-state index in [1.165, 1.54) is 35.9 Å². The van der Waals surface area contributed by atoms with Gasteiger partial charge in [-0.25, -0.2) is 4.39 Å². The van der Waals surface area contributed by atoms with Crippen LogP contribution in [0.15, 0.2) is 51.7 Å². The fourth-order valence-corrected chi connectivity index (χ4v) is 4.28. The number of benzene rings is 2. The first-order chi connectivity index (χ1) is 14.7. The zero-order valence-electron chi connectivity index (χ0n) is 15.8. The molecule has 1 aromatic heterocycles. The predicted molar refractivity (Wildman–Crippen MR) is 120 cm³/mol. The van der Waals surface area contributed by atoms with E-state index in [9.17, 15) is 18.8 Å². The van der Waals surface area contributed by atoms with Crippen LogP contribution in [0.5, 0.6) is 0 Å². The van der Waals surface area contributed by atoms with Crippen LogP contribution in [0.1, 0.15) is 37.9 Å². The van der Waals surface area contributed by atoms with Gasteiger partial charge in [-0.1, -0.05) is 39.1 Å². The molecule has 1 aliphatic heterocycles. The molecule has 0 bridgehead atoms. The highest BCUT2D eigenvalue weighted by Crippen LogP contribution is 2.41. The molecule has 31 heavy (non-hydrogen) atoms. The van der Waals surface area contributed by atoms with Gasteiger partial charge < -0.3 is 15.2 Å². The molecule has 10 heteroatoms. The number of amides is 2. The smallest absolute Gasteiger partial charge is 0.255 e. The SMILES string of the molecule is Cn1c(Cl)cc(C(=O)Nc2cc(Br)cc3c2C(c2cc(F)ccc2Cl)NC3=O)cc1=O. The van der Waals surface area contributed by atoms with Gasteiger partial charge in [0, 0.05) is 50.6 Å². The molecule has 3 aromatic rings. The van der Waals surface area contributed by atoms with Gasteiger partial charge in [-0.2, -0.15) is 0 Å². The Hall–Kier alpha value is -2.68. The molecular formula is C21H13BrCl2FN3O3. The molecule has 2 aromatic carbocycles. The van der Waals surface area contributed by atoms with E-state index in [0.29, 0.717) is 26.9 Å². The maximum atomic E-state index is 13.9. The summed E-state index contributed by atoms with van der Waals surface area (Å²) < 4.78 is 15.6. The lowest BCUT2D eigenvalue weighted by Crippen LogP contribution is -2.22. The second kappa shape index (κ2) is 8.11. The zero-order chi connectivity index (χ0) is 22.4. The Morgan fingerprint density at radius 2 is 1.90 bits per heavy atom. The molecule has 0 radical (unpaired) electrons. The summed E-state index contributed by atoms with van der Waals surface area (Å²) in [4.78, 5) is 37.4. The molecule has 0 saturated carbocycles. The minimum atomic E-state index is -0.777. The van der Waals surface area contributed by atoms with Gasteiger partial charge in [0.05, 0.1) is 6.04 Å². The van der Waals surface area contributed by atoms with Crippen molar-refractivity contribution in [2.24, 2.45) is 7.05 Å². The van der Waals surface area contributed by atoms with E-state index in [4.69, 9.17) is 23.2 Å². The standard InChI is InChI=1S/C21H13BrCl2FN3O3/c1-28-16(24)4-9(5-17(28)29)20(30)26-15-7-10(22)6-13-18(15)19(27-21(13)31)12-8-11(25)2-3-14(12)23/h2-8,19H,1H3,(H,26,30)(H,27,31). The van der Waals surface area contributed by atoms with Crippen molar-refractivity contribution < 1.29 is 14.0 Å². The molecule has 0 saturated heterocycles. The van der Waals surface area contributed by atoms with Crippen molar-refractivity contribution >= 4 is 56.6 Å². The summed E-state index contributed by atoms with van der Waals surface area (Å²) in [5, 5.41) is 5.85. The summed E-state index contributed by atoms with van der Waals surface area (Å²) in [7, 11) is 1.48. The Morgan fingerprint density at radius 1 is 1.16 bits per heavy atom. The van der Waals surface area contributed by atoms with Gasteiger partial charge in [0.25, 0.3) is 17.4 Å². The molecule has 1 aliphatic rings. The van der Waals surface area contributed by atoms with Crippen LogP contribution in [0.2, 0.25) is 10.2 Å². The van der Waals surface area contributed by atoms with Crippen LogP contribution in [0.4, 0.5) is 10.1 Å². The molecule has 0 aliphatic carbocycles. The van der Waals surface area contributed by atoms with Crippen LogP contribution in [0, 0.1) is 5.82 Å². The molecule has 1 atom stereocenters. The Kier molecular flexibility index (Phi) is 5.63. The number of anilines is 1. The summed E-state index contributed by atoms with van der Waals surface area (Å²) in [5.41, 5.74) is 0.997. The van der Waals surface area contributed by atoms with E-state index >= 15 is 0 Å². The monoisotopic (exact) mass is 523 g/mol. The number of carbonyl (C=O) groups is 2. The first-order valence-corrected chi connectivity index (χ1v) is 10.5. The third-order valence-electron chi connectivity index (χ3n) is 4.94. The van der Waals surface area contributed by atoms with Crippen molar-refractivity contribution in [1.29, 1.82) is 0 Å². The largest absolute Gasteiger partial charge is 0.341 e. The average molecular weight is 525 g/mol. The second-order valence-corrected chi connectivity index (χ2v) is 8.62. The third-order valence-corrected chi connectivity index (χ3v) is 6.10. The molecular weight excluding hydrogens is 512 g/mol. The number of hydrogen-bond acceptors (Lipinski definition) is 3. The molecule has 1 unspecified atom stereocenters. The van der Waals surface area contributed by atoms with Crippen LogP contribution < -0.4 is 16.2 Å². The van der Waals surface area contributed by atoms with E-state index < -0.39 is 29.2 Å². The maximum absolute atomic E-state index is 13.9. The van der Waals surface area contributed by atoms with Gasteiger partial charge >= 0.3 is 0 Å². The lowest BCUT2D eigenvalue weighted by Gasteiger charge is -2.18. The molecule has 158 valence electrons. The average Bonchev–Trinajstić information content (AvgIpc) is 3.04. The lowest BCUT2D eigenvalue weighted by molar-refractivity contribution is 0.0959. The normalized spacial score (nSPS) is 14.9. The van der Waals surface area contributed by atoms with Crippen LogP contribution in [0.25, 0.3) is 0 Å². The number of hydrogen-bond donors (Lipinski definition) is 2. The van der Waals surface area contributed by atoms with Crippen molar-refractivity contribution in [2.45, 2.75) is 6.04 Å². The van der Waals surface area contributed by atoms with Gasteiger partial charge in [-0.05, 0) is 36.4 Å². The Labute approximate surface area is 194 Å². The first kappa shape index (κ1) is 21.5. The van der Waals surface area contributed by atoms with Gasteiger partial charge in [-0.3, -0.25) is 14.4 Å². The Morgan fingerprint density at radius 3 is 2.61 bits per heavy atom. The number of carbonyl (C=O) groups excluding carboxylic acids is 2. The molecule has 0 fully saturated rings. The summed E-state index contributed by atoms with van der Waals surface area (Å²) in [6, 6.07) is 8.80. The third kappa shape index (κ3) is 3.98. The minimum Gasteiger partial charge on any atom is -0.341 e. The highest BCUT2D eigenvalue weighted by atomic mass is 79.9. The Bertz CT molecular complexity index is 1330. The summed E-state index contributed by atoms with van der Waals surface area (Å²) in [6.07, 6.45) is 0. The number of aromatic nitrogens is 1. The summed E-state index contributed by atoms with van der Waals surface area (Å²) >= 11 is 15.6. The minimum absolute atomic E-state index is 0.0550. The zero-order valence-corrected chi connectivity index (χ0v) is 18.9. The van der Waals surface area contributed by atoms with Gasteiger partial charge in [0.15, 0.2) is 0 Å². The highest BCUT2D eigenvalue weighted by molar-refractivity contribution is 9.10. The van der Waals surface area contributed by atoms with Crippen molar-refractivity contribution in [3.8, 4) is 0 Å². The fourth-order valence-electron chi connectivity index (χ4n) is 3.40. The molecule has 2 N–H and O–H groups in total. The van der Waals surface area contributed by atoms with E-state index in [1.807, 2.05) is 0 Å². The number of fused-ring (bicyclic) bond motifs is 1. The maximum Gasteiger partial charge on any atom is 0.255 e. The van der Waals surface area contributed by atoms with E-state index in [1.54, 1.807) is 12.1 Å². The van der Waals surface area contributed by atoms with Crippen LogP contribution >= 0.6 is 39.1 Å². The summed E-state index contributed by atoms with van der Waals surface area (Å²) in [5.74, 6) is -1.50. The van der Waals surface area contributed by atoms with Crippen LogP contribution in [-0.4, -0.2) is 16.4 Å². The van der Waals surface area contributed by atoms with E-state index in [0.717, 1.165) is 6.07 Å². The van der Waals surface area contributed by atoms with Crippen molar-refractivity contribution in [2.75, 3.05) is 5.32 Å². The highest BCUT2D eigenvalue weighted by Gasteiger charge is 2.34. The van der Waals surface area contributed by atoms with Crippen LogP contribution in [-0.2, 0) is 7.05 Å². The number of rotatable bonds is 3. The van der Waals surface area contributed by atoms with Gasteiger partial charge in [0.1, 0.15) is 11.0 Å². The Balaban J connectivity index is 1.81. The topological polar surface area (TPSA) is 80.2 Å². The van der Waals surface area contributed by atoms with Gasteiger partial charge in [-0.15, -0.1) is 0 Å². The fraction of sp³-hybridized carbons (Fsp3) is 0.0952. The second-order valence-electron chi connectivity index (χ2n) is 6.91. The van der Waals surface area contributed by atoms with Crippen molar-refractivity contribution in [3.05, 3.63) is 95.5 Å².